The van der Waals surface area contributed by atoms with Gasteiger partial charge in [0.15, 0.2) is 6.61 Å². The third kappa shape index (κ3) is 7.06. The van der Waals surface area contributed by atoms with Crippen molar-refractivity contribution in [2.45, 2.75) is 20.3 Å². The molecule has 0 spiro atoms. The van der Waals surface area contributed by atoms with Crippen molar-refractivity contribution in [1.82, 2.24) is 4.90 Å². The lowest BCUT2D eigenvalue weighted by Crippen LogP contribution is -2.41. The molecular formula is C24H29N3O6. The van der Waals surface area contributed by atoms with Crippen LogP contribution in [-0.2, 0) is 19.1 Å². The Morgan fingerprint density at radius 3 is 2.33 bits per heavy atom. The molecule has 0 unspecified atom stereocenters. The van der Waals surface area contributed by atoms with Crippen molar-refractivity contribution in [2.75, 3.05) is 44.1 Å². The zero-order valence-electron chi connectivity index (χ0n) is 19.3. The number of hydrogen-bond acceptors (Lipinski definition) is 6. The number of esters is 1. The van der Waals surface area contributed by atoms with Crippen LogP contribution in [0.4, 0.5) is 16.2 Å². The van der Waals surface area contributed by atoms with Gasteiger partial charge in [-0.25, -0.2) is 9.59 Å². The van der Waals surface area contributed by atoms with Crippen molar-refractivity contribution in [1.29, 1.82) is 0 Å². The minimum absolute atomic E-state index is 0.109. The van der Waals surface area contributed by atoms with Crippen LogP contribution in [-0.4, -0.2) is 62.6 Å². The molecule has 1 N–H and O–H groups in total. The average Bonchev–Trinajstić information content (AvgIpc) is 2.82. The lowest BCUT2D eigenvalue weighted by atomic mass is 10.1. The summed E-state index contributed by atoms with van der Waals surface area (Å²) in [6.45, 7) is 3.39. The Bertz CT molecular complexity index is 1010. The summed E-state index contributed by atoms with van der Waals surface area (Å²) in [4.78, 5) is 52.1. The van der Waals surface area contributed by atoms with E-state index in [0.717, 1.165) is 10.5 Å². The highest BCUT2D eigenvalue weighted by Gasteiger charge is 2.22. The Balaban J connectivity index is 2.02. The number of anilines is 2. The van der Waals surface area contributed by atoms with Crippen molar-refractivity contribution >= 4 is 35.3 Å². The van der Waals surface area contributed by atoms with Gasteiger partial charge in [-0.05, 0) is 37.1 Å². The van der Waals surface area contributed by atoms with Crippen LogP contribution in [0.25, 0.3) is 0 Å². The maximum atomic E-state index is 12.7. The number of carbonyl (C=O) groups excluding carboxylic acids is 4. The Morgan fingerprint density at radius 1 is 1.00 bits per heavy atom. The summed E-state index contributed by atoms with van der Waals surface area (Å²) in [5.41, 5.74) is 1.97. The number of amides is 3. The number of nitrogens with zero attached hydrogens (tertiary/aromatic N) is 2. The van der Waals surface area contributed by atoms with Crippen LogP contribution in [0.1, 0.15) is 29.3 Å². The third-order valence-corrected chi connectivity index (χ3v) is 4.86. The molecular weight excluding hydrogens is 426 g/mol. The van der Waals surface area contributed by atoms with Crippen LogP contribution >= 0.6 is 0 Å². The first-order chi connectivity index (χ1) is 15.8. The fraction of sp³-hybridized carbons (Fsp3) is 0.333. The Hall–Kier alpha value is -3.88. The number of hydrogen-bond donors (Lipinski definition) is 1. The molecule has 2 rings (SSSR count). The first kappa shape index (κ1) is 25.4. The zero-order valence-corrected chi connectivity index (χ0v) is 19.3. The average molecular weight is 456 g/mol. The van der Waals surface area contributed by atoms with E-state index in [-0.39, 0.29) is 23.7 Å². The summed E-state index contributed by atoms with van der Waals surface area (Å²) in [6.07, 6.45) is -0.0236. The Labute approximate surface area is 193 Å². The molecule has 2 aromatic carbocycles. The summed E-state index contributed by atoms with van der Waals surface area (Å²) >= 11 is 0. The molecule has 2 aromatic rings. The van der Waals surface area contributed by atoms with Gasteiger partial charge in [-0.1, -0.05) is 37.3 Å². The van der Waals surface area contributed by atoms with Crippen LogP contribution in [0.15, 0.2) is 48.5 Å². The molecule has 9 heteroatoms. The second-order valence-corrected chi connectivity index (χ2v) is 7.30. The van der Waals surface area contributed by atoms with E-state index in [1.165, 1.54) is 25.1 Å². The fourth-order valence-corrected chi connectivity index (χ4v) is 3.11. The van der Waals surface area contributed by atoms with Gasteiger partial charge in [-0.15, -0.1) is 0 Å². The van der Waals surface area contributed by atoms with Crippen molar-refractivity contribution in [3.05, 3.63) is 59.7 Å². The molecule has 0 radical (unpaired) electrons. The number of nitrogens with one attached hydrogen (secondary N) is 1. The number of aryl methyl sites for hydroxylation is 1. The van der Waals surface area contributed by atoms with E-state index in [0.29, 0.717) is 18.7 Å². The van der Waals surface area contributed by atoms with Crippen molar-refractivity contribution in [3.8, 4) is 0 Å². The van der Waals surface area contributed by atoms with Crippen LogP contribution in [0, 0.1) is 6.92 Å². The predicted octanol–water partition coefficient (Wildman–Crippen LogP) is 3.23. The molecule has 0 bridgehead atoms. The minimum atomic E-state index is -0.768. The second kappa shape index (κ2) is 12.2. The first-order valence-corrected chi connectivity index (χ1v) is 10.5. The third-order valence-electron chi connectivity index (χ3n) is 4.86. The normalized spacial score (nSPS) is 10.2. The van der Waals surface area contributed by atoms with E-state index in [1.807, 2.05) is 32.0 Å². The highest BCUT2D eigenvalue weighted by atomic mass is 16.5. The summed E-state index contributed by atoms with van der Waals surface area (Å²) in [6, 6.07) is 13.7. The highest BCUT2D eigenvalue weighted by molar-refractivity contribution is 6.01. The van der Waals surface area contributed by atoms with Gasteiger partial charge in [0.05, 0.1) is 24.9 Å². The number of methoxy groups -OCH3 is 1. The summed E-state index contributed by atoms with van der Waals surface area (Å²) in [5.74, 6) is -1.61. The molecule has 0 saturated heterocycles. The van der Waals surface area contributed by atoms with Gasteiger partial charge in [0.25, 0.3) is 5.91 Å². The molecule has 0 heterocycles. The van der Waals surface area contributed by atoms with Crippen LogP contribution in [0.2, 0.25) is 0 Å². The van der Waals surface area contributed by atoms with Gasteiger partial charge >= 0.3 is 12.1 Å². The number of para-hydroxylation sites is 2. The maximum Gasteiger partial charge on any atom is 0.413 e. The molecule has 0 aliphatic rings. The Kier molecular flexibility index (Phi) is 9.41. The first-order valence-electron chi connectivity index (χ1n) is 10.5. The highest BCUT2D eigenvalue weighted by Crippen LogP contribution is 2.21. The van der Waals surface area contributed by atoms with Gasteiger partial charge in [0.1, 0.15) is 0 Å². The van der Waals surface area contributed by atoms with E-state index in [4.69, 9.17) is 4.74 Å². The lowest BCUT2D eigenvalue weighted by Gasteiger charge is -2.22. The van der Waals surface area contributed by atoms with Gasteiger partial charge in [-0.2, -0.15) is 0 Å². The van der Waals surface area contributed by atoms with Crippen molar-refractivity contribution in [3.63, 3.8) is 0 Å². The van der Waals surface area contributed by atoms with Gasteiger partial charge in [0, 0.05) is 19.3 Å². The van der Waals surface area contributed by atoms with Crippen LogP contribution in [0.5, 0.6) is 0 Å². The zero-order chi connectivity index (χ0) is 24.4. The quantitative estimate of drug-likeness (QED) is 0.582. The molecule has 176 valence electrons. The van der Waals surface area contributed by atoms with E-state index in [9.17, 15) is 19.2 Å². The monoisotopic (exact) mass is 455 g/mol. The van der Waals surface area contributed by atoms with Crippen molar-refractivity contribution in [2.24, 2.45) is 0 Å². The predicted molar refractivity (Wildman–Crippen MR) is 124 cm³/mol. The molecule has 0 aliphatic heterocycles. The van der Waals surface area contributed by atoms with Crippen molar-refractivity contribution < 1.29 is 28.7 Å². The molecule has 0 saturated carbocycles. The smallest absolute Gasteiger partial charge is 0.413 e. The van der Waals surface area contributed by atoms with E-state index in [2.05, 4.69) is 10.1 Å². The lowest BCUT2D eigenvalue weighted by molar-refractivity contribution is -0.137. The summed E-state index contributed by atoms with van der Waals surface area (Å²) in [7, 11) is 2.69. The van der Waals surface area contributed by atoms with Crippen LogP contribution < -0.4 is 10.2 Å². The van der Waals surface area contributed by atoms with E-state index < -0.39 is 24.6 Å². The topological polar surface area (TPSA) is 105 Å². The maximum absolute atomic E-state index is 12.7. The fourth-order valence-electron chi connectivity index (χ4n) is 3.11. The van der Waals surface area contributed by atoms with Gasteiger partial charge in [0.2, 0.25) is 5.91 Å². The number of ether oxygens (including phenoxy) is 2. The molecule has 3 amide bonds. The SMILES string of the molecule is CCCN(CC(=O)Nc1ccccc1C)C(=O)COC(=O)c1ccccc1N(C)C(=O)OC. The molecule has 33 heavy (non-hydrogen) atoms. The van der Waals surface area contributed by atoms with Gasteiger partial charge in [-0.3, -0.25) is 14.5 Å². The molecule has 0 aliphatic carbocycles. The van der Waals surface area contributed by atoms with E-state index in [1.54, 1.807) is 24.3 Å². The molecule has 9 nitrogen and oxygen atoms in total. The summed E-state index contributed by atoms with van der Waals surface area (Å²) in [5, 5.41) is 2.79. The second-order valence-electron chi connectivity index (χ2n) is 7.30. The Morgan fingerprint density at radius 2 is 1.67 bits per heavy atom. The number of rotatable bonds is 9. The van der Waals surface area contributed by atoms with E-state index >= 15 is 0 Å². The molecule has 0 fully saturated rings. The van der Waals surface area contributed by atoms with Crippen LogP contribution in [0.3, 0.4) is 0 Å². The standard InChI is InChI=1S/C24H29N3O6/c1-5-14-27(15-21(28)25-19-12-8-6-10-17(19)2)22(29)16-33-23(30)18-11-7-9-13-20(18)26(3)24(31)32-4/h6-13H,5,14-16H2,1-4H3,(H,25,28). The number of carbonyl (C=O) groups is 4. The van der Waals surface area contributed by atoms with Gasteiger partial charge < -0.3 is 19.7 Å². The minimum Gasteiger partial charge on any atom is -0.452 e. The summed E-state index contributed by atoms with van der Waals surface area (Å²) < 4.78 is 9.88. The molecule has 0 aromatic heterocycles. The number of benzene rings is 2. The molecule has 0 atom stereocenters. The largest absolute Gasteiger partial charge is 0.452 e.